The van der Waals surface area contributed by atoms with E-state index in [0.29, 0.717) is 13.0 Å². The maximum absolute atomic E-state index is 12.1. The molecule has 1 aliphatic heterocycles. The van der Waals surface area contributed by atoms with Crippen LogP contribution in [0.5, 0.6) is 0 Å². The lowest BCUT2D eigenvalue weighted by molar-refractivity contribution is -0.123. The Labute approximate surface area is 102 Å². The lowest BCUT2D eigenvalue weighted by Gasteiger charge is -2.24. The first kappa shape index (κ1) is 14.4. The molecule has 6 nitrogen and oxygen atoms in total. The van der Waals surface area contributed by atoms with Gasteiger partial charge in [-0.15, -0.1) is 0 Å². The van der Waals surface area contributed by atoms with E-state index in [1.807, 2.05) is 0 Å². The summed E-state index contributed by atoms with van der Waals surface area (Å²) in [6.45, 7) is 2.11. The van der Waals surface area contributed by atoms with Crippen molar-refractivity contribution in [3.63, 3.8) is 0 Å². The van der Waals surface area contributed by atoms with Crippen molar-refractivity contribution in [2.45, 2.75) is 31.9 Å². The Morgan fingerprint density at radius 3 is 2.76 bits per heavy atom. The smallest absolute Gasteiger partial charge is 0.238 e. The molecule has 2 atom stereocenters. The Balaban J connectivity index is 2.80. The van der Waals surface area contributed by atoms with Crippen LogP contribution < -0.4 is 5.32 Å². The molecule has 1 saturated heterocycles. The third-order valence-corrected chi connectivity index (χ3v) is 5.00. The van der Waals surface area contributed by atoms with Crippen LogP contribution in [0.4, 0.5) is 0 Å². The number of rotatable bonds is 5. The number of nitrogens with one attached hydrogen (secondary N) is 1. The zero-order valence-corrected chi connectivity index (χ0v) is 11.3. The number of hydrogen-bond acceptors (Lipinski definition) is 4. The largest absolute Gasteiger partial charge is 0.381 e. The number of ether oxygens (including phenoxy) is 1. The molecule has 0 aliphatic carbocycles. The fourth-order valence-corrected chi connectivity index (χ4v) is 3.88. The first-order valence-electron chi connectivity index (χ1n) is 5.66. The molecule has 100 valence electrons. The zero-order chi connectivity index (χ0) is 13.1. The van der Waals surface area contributed by atoms with Gasteiger partial charge in [0.15, 0.2) is 0 Å². The Bertz CT molecular complexity index is 369. The fraction of sp³-hybridized carbons (Fsp3) is 0.900. The van der Waals surface area contributed by atoms with Crippen molar-refractivity contribution in [2.75, 3.05) is 26.5 Å². The molecular formula is C10H20N2O4S. The Morgan fingerprint density at radius 2 is 2.24 bits per heavy atom. The number of hydrogen-bond donors (Lipinski definition) is 1. The SMILES string of the molecule is CNC(=O)[C@@H]1CCCN1S(=O)(=O)C[C@@H](C)OC. The van der Waals surface area contributed by atoms with Gasteiger partial charge < -0.3 is 10.1 Å². The molecule has 0 aromatic heterocycles. The van der Waals surface area contributed by atoms with Gasteiger partial charge in [-0.3, -0.25) is 4.79 Å². The van der Waals surface area contributed by atoms with E-state index in [2.05, 4.69) is 5.32 Å². The molecule has 0 saturated carbocycles. The summed E-state index contributed by atoms with van der Waals surface area (Å²) in [5.74, 6) is -0.326. The van der Waals surface area contributed by atoms with E-state index in [-0.39, 0.29) is 17.8 Å². The number of methoxy groups -OCH3 is 1. The minimum atomic E-state index is -3.43. The van der Waals surface area contributed by atoms with Gasteiger partial charge in [-0.25, -0.2) is 8.42 Å². The van der Waals surface area contributed by atoms with Crippen LogP contribution in [-0.4, -0.2) is 57.2 Å². The second-order valence-corrected chi connectivity index (χ2v) is 6.17. The van der Waals surface area contributed by atoms with Crippen LogP contribution in [0.2, 0.25) is 0 Å². The highest BCUT2D eigenvalue weighted by Crippen LogP contribution is 2.22. The fourth-order valence-electron chi connectivity index (χ4n) is 1.96. The van der Waals surface area contributed by atoms with Crippen LogP contribution in [0.25, 0.3) is 0 Å². The number of amides is 1. The summed E-state index contributed by atoms with van der Waals surface area (Å²) < 4.78 is 30.5. The van der Waals surface area contributed by atoms with Crippen LogP contribution in [0.15, 0.2) is 0 Å². The van der Waals surface area contributed by atoms with Gasteiger partial charge >= 0.3 is 0 Å². The van der Waals surface area contributed by atoms with Gasteiger partial charge in [0.25, 0.3) is 0 Å². The summed E-state index contributed by atoms with van der Waals surface area (Å²) in [6, 6.07) is -0.561. The van der Waals surface area contributed by atoms with E-state index in [1.54, 1.807) is 6.92 Å². The van der Waals surface area contributed by atoms with Crippen molar-refractivity contribution >= 4 is 15.9 Å². The minimum Gasteiger partial charge on any atom is -0.381 e. The maximum Gasteiger partial charge on any atom is 0.238 e. The highest BCUT2D eigenvalue weighted by molar-refractivity contribution is 7.89. The lowest BCUT2D eigenvalue weighted by Crippen LogP contribution is -2.46. The van der Waals surface area contributed by atoms with Crippen LogP contribution >= 0.6 is 0 Å². The summed E-state index contributed by atoms with van der Waals surface area (Å²) in [5, 5.41) is 2.50. The predicted molar refractivity (Wildman–Crippen MR) is 64.1 cm³/mol. The van der Waals surface area contributed by atoms with Crippen LogP contribution in [0.3, 0.4) is 0 Å². The summed E-state index contributed by atoms with van der Waals surface area (Å²) in [7, 11) is -0.438. The van der Waals surface area contributed by atoms with Gasteiger partial charge in [0.05, 0.1) is 11.9 Å². The Morgan fingerprint density at radius 1 is 1.59 bits per heavy atom. The maximum atomic E-state index is 12.1. The van der Waals surface area contributed by atoms with Crippen LogP contribution in [0.1, 0.15) is 19.8 Å². The Kier molecular flexibility index (Phi) is 4.91. The zero-order valence-electron chi connectivity index (χ0n) is 10.5. The van der Waals surface area contributed by atoms with Crippen LogP contribution in [0, 0.1) is 0 Å². The quantitative estimate of drug-likeness (QED) is 0.730. The van der Waals surface area contributed by atoms with Crippen LogP contribution in [-0.2, 0) is 19.6 Å². The average molecular weight is 264 g/mol. The molecule has 1 fully saturated rings. The number of carbonyl (C=O) groups is 1. The van der Waals surface area contributed by atoms with Crippen molar-refractivity contribution in [1.29, 1.82) is 0 Å². The van der Waals surface area contributed by atoms with Gasteiger partial charge in [0, 0.05) is 20.7 Å². The second kappa shape index (κ2) is 5.79. The van der Waals surface area contributed by atoms with Gasteiger partial charge in [-0.05, 0) is 19.8 Å². The molecule has 1 amide bonds. The summed E-state index contributed by atoms with van der Waals surface area (Å²) in [4.78, 5) is 11.6. The molecule has 0 aromatic rings. The molecule has 0 radical (unpaired) electrons. The molecule has 0 unspecified atom stereocenters. The highest BCUT2D eigenvalue weighted by Gasteiger charge is 2.38. The molecule has 1 heterocycles. The van der Waals surface area contributed by atoms with E-state index in [9.17, 15) is 13.2 Å². The highest BCUT2D eigenvalue weighted by atomic mass is 32.2. The van der Waals surface area contributed by atoms with E-state index in [0.717, 1.165) is 6.42 Å². The summed E-state index contributed by atoms with van der Waals surface area (Å²) in [5.41, 5.74) is 0. The molecule has 1 rings (SSSR count). The number of nitrogens with zero attached hydrogens (tertiary/aromatic N) is 1. The first-order valence-corrected chi connectivity index (χ1v) is 7.27. The van der Waals surface area contributed by atoms with Crippen molar-refractivity contribution in [2.24, 2.45) is 0 Å². The first-order chi connectivity index (χ1) is 7.92. The lowest BCUT2D eigenvalue weighted by atomic mass is 10.2. The average Bonchev–Trinajstić information content (AvgIpc) is 2.76. The van der Waals surface area contributed by atoms with E-state index in [1.165, 1.54) is 18.5 Å². The Hall–Kier alpha value is -0.660. The van der Waals surface area contributed by atoms with E-state index in [4.69, 9.17) is 4.74 Å². The van der Waals surface area contributed by atoms with Crippen molar-refractivity contribution in [3.05, 3.63) is 0 Å². The predicted octanol–water partition coefficient (Wildman–Crippen LogP) is -0.438. The molecule has 1 aliphatic rings. The standard InChI is InChI=1S/C10H20N2O4S/c1-8(16-3)7-17(14,15)12-6-4-5-9(12)10(13)11-2/h8-9H,4-7H2,1-3H3,(H,11,13)/t8-,9+/m1/s1. The number of sulfonamides is 1. The number of carbonyl (C=O) groups excluding carboxylic acids is 1. The molecule has 17 heavy (non-hydrogen) atoms. The molecule has 0 spiro atoms. The van der Waals surface area contributed by atoms with Crippen molar-refractivity contribution in [3.8, 4) is 0 Å². The third-order valence-electron chi connectivity index (χ3n) is 2.96. The number of likely N-dealkylation sites (N-methyl/N-ethyl adjacent to an activating group) is 1. The minimum absolute atomic E-state index is 0.0863. The molecular weight excluding hydrogens is 244 g/mol. The van der Waals surface area contributed by atoms with Gasteiger partial charge in [-0.1, -0.05) is 0 Å². The van der Waals surface area contributed by atoms with Gasteiger partial charge in [-0.2, -0.15) is 4.31 Å². The third kappa shape index (κ3) is 3.40. The monoisotopic (exact) mass is 264 g/mol. The van der Waals surface area contributed by atoms with E-state index >= 15 is 0 Å². The molecule has 0 aromatic carbocycles. The second-order valence-electron chi connectivity index (χ2n) is 4.21. The van der Waals surface area contributed by atoms with Crippen molar-refractivity contribution in [1.82, 2.24) is 9.62 Å². The molecule has 7 heteroatoms. The summed E-state index contributed by atoms with van der Waals surface area (Å²) >= 11 is 0. The van der Waals surface area contributed by atoms with E-state index < -0.39 is 16.1 Å². The molecule has 0 bridgehead atoms. The normalized spacial score (nSPS) is 23.6. The molecule has 1 N–H and O–H groups in total. The van der Waals surface area contributed by atoms with Gasteiger partial charge in [0.2, 0.25) is 15.9 Å². The summed E-state index contributed by atoms with van der Waals surface area (Å²) in [6.07, 6.45) is 0.935. The van der Waals surface area contributed by atoms with Gasteiger partial charge in [0.1, 0.15) is 6.04 Å². The topological polar surface area (TPSA) is 75.7 Å². The van der Waals surface area contributed by atoms with Crippen molar-refractivity contribution < 1.29 is 17.9 Å².